The van der Waals surface area contributed by atoms with Crippen molar-refractivity contribution in [1.29, 1.82) is 0 Å². The maximum absolute atomic E-state index is 4.10. The van der Waals surface area contributed by atoms with Crippen molar-refractivity contribution in [2.45, 2.75) is 0 Å². The molecule has 1 aromatic rings. The molecule has 3 heteroatoms. The quantitative estimate of drug-likeness (QED) is 0.537. The lowest BCUT2D eigenvalue weighted by molar-refractivity contribution is 1.18. The van der Waals surface area contributed by atoms with Gasteiger partial charge in [0.1, 0.15) is 0 Å². The SMILES string of the molecule is Brc1ccc2c(c1)c1nn2-1. The zero-order valence-electron chi connectivity index (χ0n) is 5.00. The van der Waals surface area contributed by atoms with Gasteiger partial charge in [-0.15, -0.1) is 5.10 Å². The van der Waals surface area contributed by atoms with Crippen LogP contribution in [0.25, 0.3) is 16.7 Å². The van der Waals surface area contributed by atoms with Gasteiger partial charge in [0.2, 0.25) is 0 Å². The molecule has 0 N–H and O–H groups in total. The van der Waals surface area contributed by atoms with Crippen LogP contribution in [-0.2, 0) is 0 Å². The fourth-order valence-electron chi connectivity index (χ4n) is 1.23. The zero-order chi connectivity index (χ0) is 6.72. The standard InChI is InChI=1S/C7H3BrN2/c8-4-1-2-6-5(3-4)7-9-10(6)7/h1-3H. The van der Waals surface area contributed by atoms with Crippen molar-refractivity contribution in [1.82, 2.24) is 9.78 Å². The minimum atomic E-state index is 1.13. The number of hydrogen-bond acceptors (Lipinski definition) is 1. The van der Waals surface area contributed by atoms with Crippen molar-refractivity contribution in [2.75, 3.05) is 0 Å². The van der Waals surface area contributed by atoms with Crippen molar-refractivity contribution in [2.24, 2.45) is 0 Å². The van der Waals surface area contributed by atoms with E-state index < -0.39 is 0 Å². The van der Waals surface area contributed by atoms with Crippen molar-refractivity contribution in [3.8, 4) is 5.82 Å². The summed E-state index contributed by atoms with van der Waals surface area (Å²) in [6, 6.07) is 6.19. The van der Waals surface area contributed by atoms with Crippen LogP contribution in [0.5, 0.6) is 0 Å². The van der Waals surface area contributed by atoms with Crippen molar-refractivity contribution >= 4 is 26.8 Å². The maximum Gasteiger partial charge on any atom is 0.184 e. The molecule has 2 heterocycles. The molecule has 2 aliphatic heterocycles. The van der Waals surface area contributed by atoms with Crippen LogP contribution in [0.1, 0.15) is 0 Å². The van der Waals surface area contributed by atoms with E-state index in [4.69, 9.17) is 0 Å². The fourth-order valence-corrected chi connectivity index (χ4v) is 1.59. The first kappa shape index (κ1) is 4.91. The summed E-state index contributed by atoms with van der Waals surface area (Å²) in [5.41, 5.74) is 1.23. The Labute approximate surface area is 65.6 Å². The van der Waals surface area contributed by atoms with Gasteiger partial charge in [0.15, 0.2) is 5.82 Å². The van der Waals surface area contributed by atoms with Crippen LogP contribution in [0.15, 0.2) is 22.7 Å². The second-order valence-corrected chi connectivity index (χ2v) is 3.31. The van der Waals surface area contributed by atoms with Crippen LogP contribution in [0.3, 0.4) is 0 Å². The lowest BCUT2D eigenvalue weighted by atomic mass is 10.2. The molecule has 3 rings (SSSR count). The number of nitrogens with zero attached hydrogens (tertiary/aromatic N) is 2. The van der Waals surface area contributed by atoms with Gasteiger partial charge in [-0.1, -0.05) is 15.9 Å². The number of rotatable bonds is 0. The molecule has 1 aromatic carbocycles. The first-order valence-corrected chi connectivity index (χ1v) is 3.84. The van der Waals surface area contributed by atoms with Crippen LogP contribution in [0.2, 0.25) is 0 Å². The van der Waals surface area contributed by atoms with Crippen molar-refractivity contribution in [3.05, 3.63) is 22.7 Å². The highest BCUT2D eigenvalue weighted by atomic mass is 79.9. The van der Waals surface area contributed by atoms with Crippen molar-refractivity contribution in [3.63, 3.8) is 0 Å². The van der Waals surface area contributed by atoms with E-state index in [2.05, 4.69) is 33.2 Å². The molecule has 0 atom stereocenters. The van der Waals surface area contributed by atoms with Crippen LogP contribution in [-0.4, -0.2) is 9.78 Å². The third kappa shape index (κ3) is 0.399. The number of fused-ring (bicyclic) bond motifs is 4. The molecule has 48 valence electrons. The van der Waals surface area contributed by atoms with E-state index >= 15 is 0 Å². The average Bonchev–Trinajstić information content (AvgIpc) is 2.60. The van der Waals surface area contributed by atoms with Gasteiger partial charge in [-0.25, -0.2) is 4.68 Å². The largest absolute Gasteiger partial charge is 0.210 e. The van der Waals surface area contributed by atoms with E-state index in [0.29, 0.717) is 0 Å². The maximum atomic E-state index is 4.10. The fraction of sp³-hybridized carbons (Fsp3) is 0. The molecule has 0 unspecified atom stereocenters. The molecular formula is C7H3BrN2. The molecule has 0 amide bonds. The lowest BCUT2D eigenvalue weighted by Crippen LogP contribution is -1.86. The molecular weight excluding hydrogens is 192 g/mol. The molecule has 0 saturated heterocycles. The monoisotopic (exact) mass is 194 g/mol. The van der Waals surface area contributed by atoms with Gasteiger partial charge in [0.25, 0.3) is 0 Å². The summed E-state index contributed by atoms with van der Waals surface area (Å²) < 4.78 is 3.07. The summed E-state index contributed by atoms with van der Waals surface area (Å²) in [4.78, 5) is 0. The normalized spacial score (nSPS) is 12.5. The Morgan fingerprint density at radius 3 is 3.20 bits per heavy atom. The molecule has 2 nitrogen and oxygen atoms in total. The van der Waals surface area contributed by atoms with Crippen LogP contribution < -0.4 is 0 Å². The second-order valence-electron chi connectivity index (χ2n) is 2.40. The molecule has 10 heavy (non-hydrogen) atoms. The highest BCUT2D eigenvalue weighted by Crippen LogP contribution is 2.35. The van der Waals surface area contributed by atoms with E-state index in [-0.39, 0.29) is 0 Å². The van der Waals surface area contributed by atoms with Gasteiger partial charge in [0.05, 0.1) is 5.52 Å². The van der Waals surface area contributed by atoms with Crippen molar-refractivity contribution < 1.29 is 0 Å². The number of halogens is 1. The predicted octanol–water partition coefficient (Wildman–Crippen LogP) is 2.10. The van der Waals surface area contributed by atoms with Crippen LogP contribution in [0, 0.1) is 0 Å². The van der Waals surface area contributed by atoms with Gasteiger partial charge in [-0.05, 0) is 18.2 Å². The Kier molecular flexibility index (Phi) is 0.624. The number of benzene rings is 1. The van der Waals surface area contributed by atoms with E-state index in [1.54, 1.807) is 0 Å². The van der Waals surface area contributed by atoms with E-state index in [0.717, 1.165) is 10.3 Å². The highest BCUT2D eigenvalue weighted by molar-refractivity contribution is 9.10. The summed E-state index contributed by atoms with van der Waals surface area (Å²) in [6.07, 6.45) is 0. The minimum absolute atomic E-state index is 1.13. The lowest BCUT2D eigenvalue weighted by Gasteiger charge is -1.99. The first-order chi connectivity index (χ1) is 4.86. The molecule has 0 aromatic heterocycles. The highest BCUT2D eigenvalue weighted by Gasteiger charge is 2.25. The second kappa shape index (κ2) is 1.27. The summed E-state index contributed by atoms with van der Waals surface area (Å²) in [5.74, 6) is 1.14. The first-order valence-electron chi connectivity index (χ1n) is 3.05. The number of aromatic nitrogens is 2. The average molecular weight is 195 g/mol. The Hall–Kier alpha value is -0.830. The number of hydrogen-bond donors (Lipinski definition) is 0. The molecule has 0 radical (unpaired) electrons. The molecule has 0 aliphatic carbocycles. The Morgan fingerprint density at radius 2 is 2.30 bits per heavy atom. The van der Waals surface area contributed by atoms with Crippen LogP contribution >= 0.6 is 15.9 Å². The predicted molar refractivity (Wildman–Crippen MR) is 42.3 cm³/mol. The third-order valence-electron chi connectivity index (χ3n) is 1.78. The zero-order valence-corrected chi connectivity index (χ0v) is 6.59. The smallest absolute Gasteiger partial charge is 0.184 e. The molecule has 2 aliphatic rings. The third-order valence-corrected chi connectivity index (χ3v) is 2.28. The van der Waals surface area contributed by atoms with E-state index in [9.17, 15) is 0 Å². The van der Waals surface area contributed by atoms with E-state index in [1.807, 2.05) is 10.7 Å². The minimum Gasteiger partial charge on any atom is -0.210 e. The van der Waals surface area contributed by atoms with Gasteiger partial charge >= 0.3 is 0 Å². The Morgan fingerprint density at radius 1 is 1.40 bits per heavy atom. The summed E-state index contributed by atoms with van der Waals surface area (Å²) >= 11 is 3.40. The summed E-state index contributed by atoms with van der Waals surface area (Å²) in [6.45, 7) is 0. The molecule has 0 fully saturated rings. The van der Waals surface area contributed by atoms with Gasteiger partial charge in [-0.2, -0.15) is 0 Å². The molecule has 0 saturated carbocycles. The molecule has 0 spiro atoms. The Bertz CT molecular complexity index is 430. The van der Waals surface area contributed by atoms with E-state index in [1.165, 1.54) is 10.9 Å². The topological polar surface area (TPSA) is 17.8 Å². The van der Waals surface area contributed by atoms with Gasteiger partial charge in [0, 0.05) is 9.86 Å². The van der Waals surface area contributed by atoms with Gasteiger partial charge in [-0.3, -0.25) is 0 Å². The van der Waals surface area contributed by atoms with Crippen LogP contribution in [0.4, 0.5) is 0 Å². The summed E-state index contributed by atoms with van der Waals surface area (Å²) in [7, 11) is 0. The Balaban J connectivity index is 2.55. The summed E-state index contributed by atoms with van der Waals surface area (Å²) in [5, 5.41) is 5.38. The van der Waals surface area contributed by atoms with Gasteiger partial charge < -0.3 is 0 Å². The molecule has 0 bridgehead atoms.